The molecule has 0 bridgehead atoms. The van der Waals surface area contributed by atoms with E-state index in [2.05, 4.69) is 15.9 Å². The summed E-state index contributed by atoms with van der Waals surface area (Å²) in [6, 6.07) is 9.46. The molecule has 0 aromatic heterocycles. The highest BCUT2D eigenvalue weighted by molar-refractivity contribution is 9.10. The van der Waals surface area contributed by atoms with Crippen LogP contribution in [0.2, 0.25) is 10.0 Å². The summed E-state index contributed by atoms with van der Waals surface area (Å²) in [6.07, 6.45) is 0.423. The van der Waals surface area contributed by atoms with Crippen LogP contribution in [0.25, 0.3) is 0 Å². The lowest BCUT2D eigenvalue weighted by atomic mass is 9.99. The molecule has 19 heavy (non-hydrogen) atoms. The Hall–Kier alpha value is -0.610. The number of hydrogen-bond donors (Lipinski definition) is 1. The van der Waals surface area contributed by atoms with Gasteiger partial charge in [0, 0.05) is 15.5 Å². The van der Waals surface area contributed by atoms with Crippen molar-refractivity contribution in [1.82, 2.24) is 0 Å². The van der Waals surface area contributed by atoms with Gasteiger partial charge in [0.15, 0.2) is 0 Å². The Morgan fingerprint density at radius 2 is 1.95 bits per heavy atom. The monoisotopic (exact) mass is 361 g/mol. The summed E-state index contributed by atoms with van der Waals surface area (Å²) >= 11 is 15.6. The second-order valence-electron chi connectivity index (χ2n) is 4.19. The van der Waals surface area contributed by atoms with Crippen molar-refractivity contribution < 1.29 is 4.39 Å². The van der Waals surface area contributed by atoms with E-state index in [9.17, 15) is 4.39 Å². The summed E-state index contributed by atoms with van der Waals surface area (Å²) in [5.74, 6) is -0.327. The smallest absolute Gasteiger partial charge is 0.123 e. The second kappa shape index (κ2) is 6.23. The molecule has 0 radical (unpaired) electrons. The minimum Gasteiger partial charge on any atom is -0.324 e. The number of rotatable bonds is 3. The largest absolute Gasteiger partial charge is 0.324 e. The van der Waals surface area contributed by atoms with E-state index in [-0.39, 0.29) is 11.9 Å². The van der Waals surface area contributed by atoms with Crippen molar-refractivity contribution in [2.45, 2.75) is 12.5 Å². The van der Waals surface area contributed by atoms with Crippen LogP contribution in [-0.4, -0.2) is 0 Å². The first kappa shape index (κ1) is 14.8. The predicted octanol–water partition coefficient (Wildman–Crippen LogP) is 5.14. The third kappa shape index (κ3) is 3.48. The van der Waals surface area contributed by atoms with Crippen LogP contribution in [0.3, 0.4) is 0 Å². The molecule has 0 saturated heterocycles. The van der Waals surface area contributed by atoms with E-state index >= 15 is 0 Å². The second-order valence-corrected chi connectivity index (χ2v) is 5.83. The van der Waals surface area contributed by atoms with E-state index < -0.39 is 0 Å². The molecule has 0 aliphatic rings. The lowest BCUT2D eigenvalue weighted by molar-refractivity contribution is 0.622. The topological polar surface area (TPSA) is 26.0 Å². The Balaban J connectivity index is 2.28. The number of benzene rings is 2. The van der Waals surface area contributed by atoms with Gasteiger partial charge in [0.05, 0.1) is 5.02 Å². The van der Waals surface area contributed by atoms with Crippen molar-refractivity contribution in [3.05, 3.63) is 67.9 Å². The fourth-order valence-electron chi connectivity index (χ4n) is 1.85. The molecule has 2 aromatic rings. The fourth-order valence-corrected chi connectivity index (χ4v) is 2.70. The minimum atomic E-state index is -0.343. The van der Waals surface area contributed by atoms with Crippen LogP contribution in [0.5, 0.6) is 0 Å². The highest BCUT2D eigenvalue weighted by Crippen LogP contribution is 2.31. The van der Waals surface area contributed by atoms with Crippen LogP contribution < -0.4 is 5.73 Å². The van der Waals surface area contributed by atoms with Gasteiger partial charge in [0.2, 0.25) is 0 Å². The van der Waals surface area contributed by atoms with E-state index in [1.54, 1.807) is 0 Å². The van der Waals surface area contributed by atoms with Crippen LogP contribution in [0.1, 0.15) is 17.2 Å². The molecule has 0 saturated carbocycles. The van der Waals surface area contributed by atoms with Gasteiger partial charge in [0.25, 0.3) is 0 Å². The third-order valence-corrected chi connectivity index (χ3v) is 4.51. The zero-order valence-electron chi connectivity index (χ0n) is 9.84. The maximum atomic E-state index is 13.2. The molecule has 0 aliphatic carbocycles. The highest BCUT2D eigenvalue weighted by atomic mass is 79.9. The average Bonchev–Trinajstić information content (AvgIpc) is 2.37. The summed E-state index contributed by atoms with van der Waals surface area (Å²) in [5, 5.41) is 1.07. The number of nitrogens with two attached hydrogens (primary N) is 1. The molecular weight excluding hydrogens is 352 g/mol. The van der Waals surface area contributed by atoms with Gasteiger partial charge in [-0.3, -0.25) is 0 Å². The molecule has 5 heteroatoms. The molecular formula is C14H11BrCl2FN. The van der Waals surface area contributed by atoms with E-state index in [0.717, 1.165) is 10.0 Å². The maximum Gasteiger partial charge on any atom is 0.123 e. The number of hydrogen-bond acceptors (Lipinski definition) is 1. The van der Waals surface area contributed by atoms with Gasteiger partial charge < -0.3 is 5.73 Å². The first-order chi connectivity index (χ1) is 8.99. The Labute approximate surface area is 129 Å². The number of halogens is 4. The molecule has 0 heterocycles. The van der Waals surface area contributed by atoms with Crippen LogP contribution in [-0.2, 0) is 6.42 Å². The lowest BCUT2D eigenvalue weighted by Gasteiger charge is -2.15. The summed E-state index contributed by atoms with van der Waals surface area (Å²) in [4.78, 5) is 0. The summed E-state index contributed by atoms with van der Waals surface area (Å²) < 4.78 is 14.0. The Morgan fingerprint density at radius 1 is 1.21 bits per heavy atom. The SMILES string of the molecule is NC(Cc1cc(F)ccc1Cl)c1cccc(Br)c1Cl. The molecule has 100 valence electrons. The van der Waals surface area contributed by atoms with Gasteiger partial charge in [-0.25, -0.2) is 4.39 Å². The molecule has 2 N–H and O–H groups in total. The first-order valence-corrected chi connectivity index (χ1v) is 7.17. The fraction of sp³-hybridized carbons (Fsp3) is 0.143. The summed E-state index contributed by atoms with van der Waals surface area (Å²) in [5.41, 5.74) is 7.60. The average molecular weight is 363 g/mol. The van der Waals surface area contributed by atoms with Crippen LogP contribution in [0.4, 0.5) is 4.39 Å². The molecule has 1 atom stereocenters. The van der Waals surface area contributed by atoms with E-state index in [0.29, 0.717) is 22.0 Å². The van der Waals surface area contributed by atoms with Gasteiger partial charge >= 0.3 is 0 Å². The van der Waals surface area contributed by atoms with Crippen molar-refractivity contribution in [3.63, 3.8) is 0 Å². The van der Waals surface area contributed by atoms with E-state index in [1.165, 1.54) is 18.2 Å². The van der Waals surface area contributed by atoms with Crippen molar-refractivity contribution in [2.75, 3.05) is 0 Å². The highest BCUT2D eigenvalue weighted by Gasteiger charge is 2.14. The minimum absolute atomic E-state index is 0.327. The van der Waals surface area contributed by atoms with Gasteiger partial charge in [0.1, 0.15) is 5.82 Å². The standard InChI is InChI=1S/C14H11BrCl2FN/c15-11-3-1-2-10(14(11)17)13(19)7-8-6-9(18)4-5-12(8)16/h1-6,13H,7,19H2. The predicted molar refractivity (Wildman–Crippen MR) is 81.2 cm³/mol. The van der Waals surface area contributed by atoms with Gasteiger partial charge in [-0.05, 0) is 57.7 Å². The van der Waals surface area contributed by atoms with Crippen molar-refractivity contribution in [2.24, 2.45) is 5.73 Å². The molecule has 0 spiro atoms. The Bertz CT molecular complexity index is 604. The van der Waals surface area contributed by atoms with Crippen LogP contribution in [0.15, 0.2) is 40.9 Å². The molecule has 1 nitrogen and oxygen atoms in total. The molecule has 2 aromatic carbocycles. The molecule has 1 unspecified atom stereocenters. The molecule has 0 amide bonds. The molecule has 0 fully saturated rings. The summed E-state index contributed by atoms with van der Waals surface area (Å²) in [7, 11) is 0. The molecule has 0 aliphatic heterocycles. The van der Waals surface area contributed by atoms with Gasteiger partial charge in [-0.1, -0.05) is 35.3 Å². The Kier molecular flexibility index (Phi) is 4.85. The van der Waals surface area contributed by atoms with Crippen molar-refractivity contribution >= 4 is 39.1 Å². The van der Waals surface area contributed by atoms with Crippen LogP contribution >= 0.6 is 39.1 Å². The molecule has 2 rings (SSSR count). The first-order valence-electron chi connectivity index (χ1n) is 5.62. The Morgan fingerprint density at radius 3 is 2.68 bits per heavy atom. The normalized spacial score (nSPS) is 12.5. The van der Waals surface area contributed by atoms with E-state index in [4.69, 9.17) is 28.9 Å². The van der Waals surface area contributed by atoms with Gasteiger partial charge in [-0.15, -0.1) is 0 Å². The summed E-state index contributed by atoms with van der Waals surface area (Å²) in [6.45, 7) is 0. The van der Waals surface area contributed by atoms with Crippen LogP contribution in [0, 0.1) is 5.82 Å². The quantitative estimate of drug-likeness (QED) is 0.803. The zero-order chi connectivity index (χ0) is 14.0. The van der Waals surface area contributed by atoms with E-state index in [1.807, 2.05) is 18.2 Å². The van der Waals surface area contributed by atoms with Crippen molar-refractivity contribution in [3.8, 4) is 0 Å². The maximum absolute atomic E-state index is 13.2. The van der Waals surface area contributed by atoms with Gasteiger partial charge in [-0.2, -0.15) is 0 Å². The third-order valence-electron chi connectivity index (χ3n) is 2.83. The zero-order valence-corrected chi connectivity index (χ0v) is 12.9. The van der Waals surface area contributed by atoms with Crippen molar-refractivity contribution in [1.29, 1.82) is 0 Å². The lowest BCUT2D eigenvalue weighted by Crippen LogP contribution is -2.14.